The second-order valence-corrected chi connectivity index (χ2v) is 3.53. The van der Waals surface area contributed by atoms with Crippen LogP contribution in [0.15, 0.2) is 53.2 Å². The molecule has 0 aliphatic rings. The minimum Gasteiger partial charge on any atom is -0.461 e. The fourth-order valence-corrected chi connectivity index (χ4v) is 1.44. The van der Waals surface area contributed by atoms with Crippen molar-refractivity contribution in [2.75, 3.05) is 0 Å². The maximum absolute atomic E-state index is 11.6. The first-order valence-corrected chi connectivity index (χ1v) is 5.09. The second kappa shape index (κ2) is 4.62. The molecular weight excluding hydrogens is 200 g/mol. The highest BCUT2D eigenvalue weighted by Crippen LogP contribution is 2.10. The molecule has 0 atom stereocenters. The predicted molar refractivity (Wildman–Crippen MR) is 63.3 cm³/mol. The molecule has 0 aliphatic carbocycles. The van der Waals surface area contributed by atoms with Gasteiger partial charge >= 0.3 is 0 Å². The lowest BCUT2D eigenvalue weighted by atomic mass is 10.1. The van der Waals surface area contributed by atoms with Crippen LogP contribution in [0.5, 0.6) is 0 Å². The number of carbonyl (C=O) groups excluding carboxylic acids is 1. The van der Waals surface area contributed by atoms with Crippen LogP contribution in [0.1, 0.15) is 21.7 Å². The van der Waals surface area contributed by atoms with Gasteiger partial charge in [0.25, 0.3) is 0 Å². The molecule has 2 nitrogen and oxygen atoms in total. The minimum atomic E-state index is -0.117. The standard InChI is InChI=1S/C14H12O2/c1-11-5-2-3-6-12(11)8-9-13(15)14-7-4-10-16-14/h2-10H,1H3/b9-8+. The van der Waals surface area contributed by atoms with Gasteiger partial charge in [-0.2, -0.15) is 0 Å². The molecule has 2 rings (SSSR count). The molecule has 1 aromatic carbocycles. The van der Waals surface area contributed by atoms with Crippen LogP contribution in [-0.2, 0) is 0 Å². The van der Waals surface area contributed by atoms with Crippen LogP contribution >= 0.6 is 0 Å². The van der Waals surface area contributed by atoms with Gasteiger partial charge in [-0.05, 0) is 36.3 Å². The third-order valence-electron chi connectivity index (χ3n) is 2.37. The number of hydrogen-bond acceptors (Lipinski definition) is 2. The molecule has 0 saturated carbocycles. The van der Waals surface area contributed by atoms with Gasteiger partial charge in [0.1, 0.15) is 0 Å². The van der Waals surface area contributed by atoms with Gasteiger partial charge in [0.15, 0.2) is 5.76 Å². The largest absolute Gasteiger partial charge is 0.461 e. The monoisotopic (exact) mass is 212 g/mol. The molecule has 0 unspecified atom stereocenters. The summed E-state index contributed by atoms with van der Waals surface area (Å²) in [6.45, 7) is 2.01. The zero-order valence-electron chi connectivity index (χ0n) is 9.01. The van der Waals surface area contributed by atoms with E-state index in [2.05, 4.69) is 0 Å². The van der Waals surface area contributed by atoms with Crippen molar-refractivity contribution >= 4 is 11.9 Å². The van der Waals surface area contributed by atoms with Gasteiger partial charge in [-0.3, -0.25) is 4.79 Å². The Morgan fingerprint density at radius 1 is 1.19 bits per heavy atom. The summed E-state index contributed by atoms with van der Waals surface area (Å²) >= 11 is 0. The quantitative estimate of drug-likeness (QED) is 0.576. The molecule has 0 bridgehead atoms. The van der Waals surface area contributed by atoms with Gasteiger partial charge in [-0.15, -0.1) is 0 Å². The first kappa shape index (κ1) is 10.4. The molecule has 0 aliphatic heterocycles. The van der Waals surface area contributed by atoms with Crippen LogP contribution in [0.2, 0.25) is 0 Å². The van der Waals surface area contributed by atoms with Crippen molar-refractivity contribution in [1.82, 2.24) is 0 Å². The SMILES string of the molecule is Cc1ccccc1/C=C/C(=O)c1ccco1. The van der Waals surface area contributed by atoms with Crippen molar-refractivity contribution in [3.8, 4) is 0 Å². The van der Waals surface area contributed by atoms with E-state index in [-0.39, 0.29) is 5.78 Å². The number of furan rings is 1. The highest BCUT2D eigenvalue weighted by molar-refractivity contribution is 6.04. The molecule has 2 aromatic rings. The zero-order valence-corrected chi connectivity index (χ0v) is 9.01. The summed E-state index contributed by atoms with van der Waals surface area (Å²) in [4.78, 5) is 11.6. The number of hydrogen-bond donors (Lipinski definition) is 0. The molecule has 80 valence electrons. The Morgan fingerprint density at radius 3 is 2.69 bits per heavy atom. The van der Waals surface area contributed by atoms with E-state index in [4.69, 9.17) is 4.42 Å². The van der Waals surface area contributed by atoms with Crippen molar-refractivity contribution in [2.45, 2.75) is 6.92 Å². The van der Waals surface area contributed by atoms with Crippen LogP contribution in [0, 0.1) is 6.92 Å². The molecule has 1 heterocycles. The molecule has 0 fully saturated rings. The smallest absolute Gasteiger partial charge is 0.221 e. The van der Waals surface area contributed by atoms with Gasteiger partial charge in [0, 0.05) is 0 Å². The van der Waals surface area contributed by atoms with Gasteiger partial charge < -0.3 is 4.42 Å². The van der Waals surface area contributed by atoms with E-state index in [1.54, 1.807) is 18.2 Å². The molecule has 0 radical (unpaired) electrons. The number of benzene rings is 1. The third-order valence-corrected chi connectivity index (χ3v) is 2.37. The highest BCUT2D eigenvalue weighted by Gasteiger charge is 2.03. The van der Waals surface area contributed by atoms with E-state index in [9.17, 15) is 4.79 Å². The van der Waals surface area contributed by atoms with E-state index in [0.717, 1.165) is 11.1 Å². The lowest BCUT2D eigenvalue weighted by Gasteiger charge is -1.97. The minimum absolute atomic E-state index is 0.117. The van der Waals surface area contributed by atoms with E-state index in [1.807, 2.05) is 31.2 Å². The fourth-order valence-electron chi connectivity index (χ4n) is 1.44. The topological polar surface area (TPSA) is 30.2 Å². The summed E-state index contributed by atoms with van der Waals surface area (Å²) in [5.74, 6) is 0.248. The summed E-state index contributed by atoms with van der Waals surface area (Å²) in [5.41, 5.74) is 2.19. The van der Waals surface area contributed by atoms with Gasteiger partial charge in [0.05, 0.1) is 6.26 Å². The molecule has 0 saturated heterocycles. The van der Waals surface area contributed by atoms with E-state index in [0.29, 0.717) is 5.76 Å². The average Bonchev–Trinajstić information content (AvgIpc) is 2.81. The lowest BCUT2D eigenvalue weighted by Crippen LogP contribution is -1.90. The Hall–Kier alpha value is -2.09. The molecule has 1 aromatic heterocycles. The first-order chi connectivity index (χ1) is 7.77. The number of rotatable bonds is 3. The van der Waals surface area contributed by atoms with Crippen LogP contribution in [0.25, 0.3) is 6.08 Å². The normalized spacial score (nSPS) is 10.8. The predicted octanol–water partition coefficient (Wildman–Crippen LogP) is 3.48. The molecule has 0 amide bonds. The van der Waals surface area contributed by atoms with E-state index < -0.39 is 0 Å². The second-order valence-electron chi connectivity index (χ2n) is 3.53. The van der Waals surface area contributed by atoms with Crippen LogP contribution in [0.3, 0.4) is 0 Å². The highest BCUT2D eigenvalue weighted by atomic mass is 16.3. The Bertz CT molecular complexity index is 507. The molecule has 16 heavy (non-hydrogen) atoms. The maximum Gasteiger partial charge on any atom is 0.221 e. The van der Waals surface area contributed by atoms with Gasteiger partial charge in [0.2, 0.25) is 5.78 Å². The van der Waals surface area contributed by atoms with Crippen molar-refractivity contribution < 1.29 is 9.21 Å². The Labute approximate surface area is 94.2 Å². The number of aryl methyl sites for hydroxylation is 1. The van der Waals surface area contributed by atoms with Crippen LogP contribution < -0.4 is 0 Å². The Morgan fingerprint density at radius 2 is 2.00 bits per heavy atom. The van der Waals surface area contributed by atoms with Crippen molar-refractivity contribution in [1.29, 1.82) is 0 Å². The van der Waals surface area contributed by atoms with Gasteiger partial charge in [-0.1, -0.05) is 30.3 Å². The lowest BCUT2D eigenvalue weighted by molar-refractivity contribution is 0.102. The van der Waals surface area contributed by atoms with E-state index >= 15 is 0 Å². The van der Waals surface area contributed by atoms with Crippen molar-refractivity contribution in [3.05, 3.63) is 65.6 Å². The van der Waals surface area contributed by atoms with Crippen molar-refractivity contribution in [3.63, 3.8) is 0 Å². The fraction of sp³-hybridized carbons (Fsp3) is 0.0714. The molecule has 0 spiro atoms. The molecular formula is C14H12O2. The zero-order chi connectivity index (χ0) is 11.4. The third kappa shape index (κ3) is 2.28. The van der Waals surface area contributed by atoms with Gasteiger partial charge in [-0.25, -0.2) is 0 Å². The summed E-state index contributed by atoms with van der Waals surface area (Å²) in [6, 6.07) is 11.3. The Kier molecular flexibility index (Phi) is 3.01. The Balaban J connectivity index is 2.16. The average molecular weight is 212 g/mol. The van der Waals surface area contributed by atoms with Crippen LogP contribution in [0.4, 0.5) is 0 Å². The van der Waals surface area contributed by atoms with Crippen molar-refractivity contribution in [2.24, 2.45) is 0 Å². The molecule has 2 heteroatoms. The number of ketones is 1. The maximum atomic E-state index is 11.6. The first-order valence-electron chi connectivity index (χ1n) is 5.09. The molecule has 0 N–H and O–H groups in total. The number of carbonyl (C=O) groups is 1. The summed E-state index contributed by atoms with van der Waals surface area (Å²) in [6.07, 6.45) is 4.83. The van der Waals surface area contributed by atoms with E-state index in [1.165, 1.54) is 12.3 Å². The number of allylic oxidation sites excluding steroid dienone is 1. The summed E-state index contributed by atoms with van der Waals surface area (Å²) < 4.78 is 5.01. The summed E-state index contributed by atoms with van der Waals surface area (Å²) in [5, 5.41) is 0. The summed E-state index contributed by atoms with van der Waals surface area (Å²) in [7, 11) is 0. The van der Waals surface area contributed by atoms with Crippen LogP contribution in [-0.4, -0.2) is 5.78 Å².